The van der Waals surface area contributed by atoms with Gasteiger partial charge in [0.25, 0.3) is 11.8 Å². The van der Waals surface area contributed by atoms with Crippen LogP contribution in [0.15, 0.2) is 94.4 Å². The van der Waals surface area contributed by atoms with Crippen LogP contribution in [0.4, 0.5) is 0 Å². The van der Waals surface area contributed by atoms with Crippen LogP contribution in [0.2, 0.25) is 0 Å². The molecule has 0 unspecified atom stereocenters. The molecule has 3 N–H and O–H groups in total. The van der Waals surface area contributed by atoms with E-state index < -0.39 is 21.8 Å². The number of hydrogen-bond donors (Lipinski definition) is 3. The number of rotatable bonds is 8. The fraction of sp³-hybridized carbons (Fsp3) is 0.111. The largest absolute Gasteiger partial charge is 0.468 e. The van der Waals surface area contributed by atoms with Crippen molar-refractivity contribution in [2.45, 2.75) is 25.3 Å². The van der Waals surface area contributed by atoms with Crippen LogP contribution in [0.1, 0.15) is 33.1 Å². The number of furan rings is 1. The van der Waals surface area contributed by atoms with Crippen molar-refractivity contribution in [1.82, 2.24) is 20.1 Å². The quantitative estimate of drug-likeness (QED) is 0.243. The molecule has 0 saturated carbocycles. The van der Waals surface area contributed by atoms with E-state index in [0.29, 0.717) is 16.9 Å². The van der Waals surface area contributed by atoms with Gasteiger partial charge in [-0.05, 0) is 68.0 Å². The van der Waals surface area contributed by atoms with Gasteiger partial charge in [0, 0.05) is 23.2 Å². The Morgan fingerprint density at radius 1 is 0.946 bits per heavy atom. The van der Waals surface area contributed by atoms with E-state index >= 15 is 0 Å². The maximum atomic E-state index is 12.7. The lowest BCUT2D eigenvalue weighted by atomic mass is 10.2. The Balaban J connectivity index is 1.32. The van der Waals surface area contributed by atoms with Gasteiger partial charge in [-0.25, -0.2) is 13.1 Å². The highest BCUT2D eigenvalue weighted by Crippen LogP contribution is 2.20. The van der Waals surface area contributed by atoms with Crippen LogP contribution in [0, 0.1) is 13.8 Å². The van der Waals surface area contributed by atoms with Crippen molar-refractivity contribution in [2.24, 2.45) is 0 Å². The molecule has 2 heterocycles. The number of carbonyl (C=O) groups excluding carboxylic acids is 2. The molecule has 0 spiro atoms. The molecule has 9 nitrogen and oxygen atoms in total. The number of benzene rings is 2. The van der Waals surface area contributed by atoms with Crippen molar-refractivity contribution in [2.75, 3.05) is 0 Å². The van der Waals surface area contributed by atoms with E-state index in [1.165, 1.54) is 30.5 Å². The van der Waals surface area contributed by atoms with Crippen molar-refractivity contribution >= 4 is 27.9 Å². The predicted molar refractivity (Wildman–Crippen MR) is 139 cm³/mol. The highest BCUT2D eigenvalue weighted by Gasteiger charge is 2.17. The average Bonchev–Trinajstić information content (AvgIpc) is 3.53. The Labute approximate surface area is 214 Å². The number of sulfonamides is 1. The van der Waals surface area contributed by atoms with Crippen molar-refractivity contribution in [3.8, 4) is 5.69 Å². The van der Waals surface area contributed by atoms with Gasteiger partial charge in [0.2, 0.25) is 10.0 Å². The maximum Gasteiger partial charge on any atom is 0.271 e. The van der Waals surface area contributed by atoms with E-state index in [2.05, 4.69) is 15.6 Å². The number of carbonyl (C=O) groups is 2. The van der Waals surface area contributed by atoms with E-state index in [4.69, 9.17) is 4.42 Å². The molecule has 0 fully saturated rings. The molecule has 2 aromatic heterocycles. The first kappa shape index (κ1) is 25.7. The molecule has 190 valence electrons. The van der Waals surface area contributed by atoms with Gasteiger partial charge < -0.3 is 8.98 Å². The highest BCUT2D eigenvalue weighted by molar-refractivity contribution is 7.89. The lowest BCUT2D eigenvalue weighted by Crippen LogP contribution is -2.40. The molecular formula is C27H26N4O5S. The standard InChI is InChI=1S/C27H26N4O5S/c1-19-17-25(20(2)31(19)22-7-4-3-5-8-22)27(33)30-29-26(32)15-12-21-10-13-24(14-11-21)37(34,35)28-18-23-9-6-16-36-23/h3-17,28H,18H2,1-2H3,(H,29,32)(H,30,33). The molecule has 4 aromatic rings. The van der Waals surface area contributed by atoms with E-state index in [9.17, 15) is 18.0 Å². The molecule has 0 aliphatic rings. The molecular weight excluding hydrogens is 492 g/mol. The number of nitrogens with one attached hydrogen (secondary N) is 3. The smallest absolute Gasteiger partial charge is 0.271 e. The lowest BCUT2D eigenvalue weighted by molar-refractivity contribution is -0.117. The molecule has 0 saturated heterocycles. The zero-order valence-corrected chi connectivity index (χ0v) is 21.1. The van der Waals surface area contributed by atoms with E-state index in [-0.39, 0.29) is 11.4 Å². The molecule has 0 aliphatic heterocycles. The predicted octanol–water partition coefficient (Wildman–Crippen LogP) is 3.64. The molecule has 0 bridgehead atoms. The van der Waals surface area contributed by atoms with E-state index in [1.807, 2.05) is 48.7 Å². The minimum Gasteiger partial charge on any atom is -0.468 e. The van der Waals surface area contributed by atoms with Crippen LogP contribution in [-0.4, -0.2) is 24.8 Å². The molecule has 37 heavy (non-hydrogen) atoms. The van der Waals surface area contributed by atoms with Crippen molar-refractivity contribution in [3.63, 3.8) is 0 Å². The number of aryl methyl sites for hydroxylation is 1. The van der Waals surface area contributed by atoms with Gasteiger partial charge in [-0.3, -0.25) is 20.4 Å². The molecule has 0 radical (unpaired) electrons. The average molecular weight is 519 g/mol. The van der Waals surface area contributed by atoms with Gasteiger partial charge in [-0.1, -0.05) is 30.3 Å². The second-order valence-electron chi connectivity index (χ2n) is 8.21. The molecule has 2 amide bonds. The molecule has 4 rings (SSSR count). The Bertz CT molecular complexity index is 1520. The number of hydrazine groups is 1. The van der Waals surface area contributed by atoms with Crippen LogP contribution >= 0.6 is 0 Å². The Kier molecular flexibility index (Phi) is 7.71. The highest BCUT2D eigenvalue weighted by atomic mass is 32.2. The summed E-state index contributed by atoms with van der Waals surface area (Å²) >= 11 is 0. The van der Waals surface area contributed by atoms with Crippen LogP contribution < -0.4 is 15.6 Å². The van der Waals surface area contributed by atoms with Crippen molar-refractivity contribution in [3.05, 3.63) is 113 Å². The molecule has 0 aliphatic carbocycles. The Hall–Kier alpha value is -4.41. The Morgan fingerprint density at radius 2 is 1.68 bits per heavy atom. The number of aromatic nitrogens is 1. The fourth-order valence-corrected chi connectivity index (χ4v) is 4.78. The maximum absolute atomic E-state index is 12.7. The first-order valence-electron chi connectivity index (χ1n) is 11.4. The van der Waals surface area contributed by atoms with E-state index in [0.717, 1.165) is 17.1 Å². The summed E-state index contributed by atoms with van der Waals surface area (Å²) in [4.78, 5) is 25.0. The third-order valence-electron chi connectivity index (χ3n) is 5.62. The zero-order chi connectivity index (χ0) is 26.4. The van der Waals surface area contributed by atoms with Gasteiger partial charge in [0.15, 0.2) is 0 Å². The first-order chi connectivity index (χ1) is 17.7. The van der Waals surface area contributed by atoms with Gasteiger partial charge in [-0.15, -0.1) is 0 Å². The van der Waals surface area contributed by atoms with Crippen LogP contribution in [-0.2, 0) is 21.4 Å². The molecule has 10 heteroatoms. The number of hydrogen-bond acceptors (Lipinski definition) is 5. The summed E-state index contributed by atoms with van der Waals surface area (Å²) in [6.45, 7) is 3.79. The minimum atomic E-state index is -3.71. The summed E-state index contributed by atoms with van der Waals surface area (Å²) in [6, 6.07) is 20.8. The number of amides is 2. The summed E-state index contributed by atoms with van der Waals surface area (Å²) in [7, 11) is -3.71. The van der Waals surface area contributed by atoms with Gasteiger partial charge in [0.05, 0.1) is 23.3 Å². The van der Waals surface area contributed by atoms with Crippen LogP contribution in [0.25, 0.3) is 11.8 Å². The lowest BCUT2D eigenvalue weighted by Gasteiger charge is -2.10. The third-order valence-corrected chi connectivity index (χ3v) is 7.04. The van der Waals surface area contributed by atoms with Gasteiger partial charge >= 0.3 is 0 Å². The topological polar surface area (TPSA) is 122 Å². The van der Waals surface area contributed by atoms with Gasteiger partial charge in [0.1, 0.15) is 5.76 Å². The summed E-state index contributed by atoms with van der Waals surface area (Å²) < 4.78 is 34.4. The van der Waals surface area contributed by atoms with Crippen molar-refractivity contribution in [1.29, 1.82) is 0 Å². The molecule has 2 aromatic carbocycles. The zero-order valence-electron chi connectivity index (χ0n) is 20.3. The summed E-state index contributed by atoms with van der Waals surface area (Å²) in [6.07, 6.45) is 4.22. The Morgan fingerprint density at radius 3 is 2.35 bits per heavy atom. The second kappa shape index (κ2) is 11.1. The van der Waals surface area contributed by atoms with Crippen LogP contribution in [0.5, 0.6) is 0 Å². The third kappa shape index (κ3) is 6.24. The SMILES string of the molecule is Cc1cc(C(=O)NNC(=O)C=Cc2ccc(S(=O)(=O)NCc3ccco3)cc2)c(C)n1-c1ccccc1. The van der Waals surface area contributed by atoms with Crippen LogP contribution in [0.3, 0.4) is 0 Å². The van der Waals surface area contributed by atoms with E-state index in [1.54, 1.807) is 30.3 Å². The number of para-hydroxylation sites is 1. The summed E-state index contributed by atoms with van der Waals surface area (Å²) in [5.74, 6) is -0.476. The second-order valence-corrected chi connectivity index (χ2v) is 9.97. The number of nitrogens with zero attached hydrogens (tertiary/aromatic N) is 1. The van der Waals surface area contributed by atoms with Gasteiger partial charge in [-0.2, -0.15) is 0 Å². The monoisotopic (exact) mass is 518 g/mol. The fourth-order valence-electron chi connectivity index (χ4n) is 3.79. The summed E-state index contributed by atoms with van der Waals surface area (Å²) in [5, 5.41) is 0. The minimum absolute atomic E-state index is 0.0406. The molecule has 0 atom stereocenters. The first-order valence-corrected chi connectivity index (χ1v) is 12.9. The normalized spacial score (nSPS) is 11.5. The van der Waals surface area contributed by atoms with Crippen molar-refractivity contribution < 1.29 is 22.4 Å². The summed E-state index contributed by atoms with van der Waals surface area (Å²) in [5.41, 5.74) is 8.42.